The highest BCUT2D eigenvalue weighted by molar-refractivity contribution is 7.09. The summed E-state index contributed by atoms with van der Waals surface area (Å²) in [4.78, 5) is 9.16. The fourth-order valence-electron chi connectivity index (χ4n) is 1.61. The molecule has 2 aromatic rings. The van der Waals surface area contributed by atoms with E-state index in [9.17, 15) is 0 Å². The van der Waals surface area contributed by atoms with Crippen molar-refractivity contribution in [2.45, 2.75) is 39.5 Å². The van der Waals surface area contributed by atoms with E-state index in [0.29, 0.717) is 0 Å². The van der Waals surface area contributed by atoms with E-state index >= 15 is 0 Å². The topological polar surface area (TPSA) is 51.8 Å². The first-order valence-corrected chi connectivity index (χ1v) is 6.91. The molecule has 0 unspecified atom stereocenters. The Hall–Kier alpha value is -1.42. The summed E-state index contributed by atoms with van der Waals surface area (Å²) in [5, 5.41) is 3.25. The molecule has 96 valence electrons. The summed E-state index contributed by atoms with van der Waals surface area (Å²) < 4.78 is 0. The highest BCUT2D eigenvalue weighted by atomic mass is 32.1. The first-order chi connectivity index (χ1) is 8.36. The van der Waals surface area contributed by atoms with Crippen LogP contribution in [0.5, 0.6) is 0 Å². The monoisotopic (exact) mass is 261 g/mol. The Kier molecular flexibility index (Phi) is 3.39. The molecular weight excluding hydrogens is 242 g/mol. The van der Waals surface area contributed by atoms with E-state index in [1.165, 1.54) is 0 Å². The van der Waals surface area contributed by atoms with Crippen LogP contribution in [0, 0.1) is 6.92 Å². The molecule has 0 bridgehead atoms. The third-order valence-electron chi connectivity index (χ3n) is 2.84. The zero-order valence-electron chi connectivity index (χ0n) is 11.3. The van der Waals surface area contributed by atoms with Gasteiger partial charge in [0.2, 0.25) is 0 Å². The Morgan fingerprint density at radius 1 is 1.22 bits per heavy atom. The van der Waals surface area contributed by atoms with Gasteiger partial charge in [0.1, 0.15) is 0 Å². The average molecular weight is 261 g/mol. The Balaban J connectivity index is 2.19. The van der Waals surface area contributed by atoms with Crippen LogP contribution in [0.3, 0.4) is 0 Å². The maximum atomic E-state index is 5.77. The lowest BCUT2D eigenvalue weighted by Crippen LogP contribution is -2.11. The number of hydrogen-bond donors (Lipinski definition) is 1. The van der Waals surface area contributed by atoms with Crippen molar-refractivity contribution < 1.29 is 0 Å². The van der Waals surface area contributed by atoms with Crippen LogP contribution in [0.15, 0.2) is 17.5 Å². The van der Waals surface area contributed by atoms with Gasteiger partial charge in [-0.1, -0.05) is 20.8 Å². The normalized spacial score (nSPS) is 11.8. The maximum absolute atomic E-state index is 5.77. The number of nitrogens with two attached hydrogens (primary N) is 1. The number of hydrogen-bond acceptors (Lipinski definition) is 4. The first kappa shape index (κ1) is 13.0. The van der Waals surface area contributed by atoms with Crippen LogP contribution in [0.4, 0.5) is 5.69 Å². The summed E-state index contributed by atoms with van der Waals surface area (Å²) in [5.74, 6) is 0. The van der Waals surface area contributed by atoms with Crippen molar-refractivity contribution in [3.05, 3.63) is 39.6 Å². The smallest absolute Gasteiger partial charge is 0.0988 e. The van der Waals surface area contributed by atoms with E-state index < -0.39 is 0 Å². The van der Waals surface area contributed by atoms with E-state index in [2.05, 4.69) is 36.1 Å². The molecule has 0 aliphatic heterocycles. The summed E-state index contributed by atoms with van der Waals surface area (Å²) >= 11 is 1.70. The first-order valence-electron chi connectivity index (χ1n) is 6.03. The maximum Gasteiger partial charge on any atom is 0.0988 e. The second kappa shape index (κ2) is 4.69. The fraction of sp³-hybridized carbons (Fsp3) is 0.429. The summed E-state index contributed by atoms with van der Waals surface area (Å²) in [6, 6.07) is 3.89. The summed E-state index contributed by atoms with van der Waals surface area (Å²) in [6.07, 6.45) is 0.780. The molecule has 0 atom stereocenters. The molecule has 2 heterocycles. The van der Waals surface area contributed by atoms with E-state index in [-0.39, 0.29) is 5.41 Å². The molecule has 0 fully saturated rings. The largest absolute Gasteiger partial charge is 0.397 e. The summed E-state index contributed by atoms with van der Waals surface area (Å²) in [5.41, 5.74) is 9.68. The van der Waals surface area contributed by atoms with Gasteiger partial charge in [0.15, 0.2) is 0 Å². The summed E-state index contributed by atoms with van der Waals surface area (Å²) in [7, 11) is 0. The van der Waals surface area contributed by atoms with E-state index in [0.717, 1.165) is 34.2 Å². The quantitative estimate of drug-likeness (QED) is 0.902. The predicted octanol–water partition coefficient (Wildman–Crippen LogP) is 3.32. The molecule has 0 saturated heterocycles. The van der Waals surface area contributed by atoms with Gasteiger partial charge >= 0.3 is 0 Å². The zero-order valence-corrected chi connectivity index (χ0v) is 12.1. The second-order valence-corrected chi connectivity index (χ2v) is 6.47. The van der Waals surface area contributed by atoms with Gasteiger partial charge in [0.05, 0.1) is 22.1 Å². The number of rotatable bonds is 2. The fourth-order valence-corrected chi connectivity index (χ4v) is 2.65. The number of pyridine rings is 1. The van der Waals surface area contributed by atoms with Crippen LogP contribution < -0.4 is 5.73 Å². The van der Waals surface area contributed by atoms with Gasteiger partial charge < -0.3 is 5.73 Å². The van der Waals surface area contributed by atoms with Gasteiger partial charge in [-0.3, -0.25) is 4.98 Å². The van der Waals surface area contributed by atoms with Crippen LogP contribution in [0.2, 0.25) is 0 Å². The minimum absolute atomic E-state index is 0.110. The minimum atomic E-state index is 0.110. The lowest BCUT2D eigenvalue weighted by atomic mass is 9.93. The van der Waals surface area contributed by atoms with Gasteiger partial charge in [-0.15, -0.1) is 11.3 Å². The molecule has 0 radical (unpaired) electrons. The van der Waals surface area contributed by atoms with Crippen LogP contribution in [0.1, 0.15) is 42.9 Å². The molecular formula is C14H19N3S. The molecule has 3 nitrogen and oxygen atoms in total. The molecule has 0 aliphatic rings. The Morgan fingerprint density at radius 2 is 1.94 bits per heavy atom. The number of nitrogens with zero attached hydrogens (tertiary/aromatic N) is 2. The lowest BCUT2D eigenvalue weighted by molar-refractivity contribution is 0.571. The van der Waals surface area contributed by atoms with Gasteiger partial charge in [-0.2, -0.15) is 0 Å². The molecule has 4 heteroatoms. The highest BCUT2D eigenvalue weighted by Crippen LogP contribution is 2.25. The predicted molar refractivity (Wildman–Crippen MR) is 77.0 cm³/mol. The van der Waals surface area contributed by atoms with Gasteiger partial charge in [-0.05, 0) is 19.1 Å². The van der Waals surface area contributed by atoms with Gasteiger partial charge in [-0.25, -0.2) is 4.98 Å². The average Bonchev–Trinajstić information content (AvgIpc) is 2.72. The van der Waals surface area contributed by atoms with Crippen molar-refractivity contribution >= 4 is 17.0 Å². The van der Waals surface area contributed by atoms with Gasteiger partial charge in [0.25, 0.3) is 0 Å². The van der Waals surface area contributed by atoms with Crippen molar-refractivity contribution in [1.82, 2.24) is 9.97 Å². The number of anilines is 1. The van der Waals surface area contributed by atoms with E-state index in [1.807, 2.05) is 19.1 Å². The van der Waals surface area contributed by atoms with Crippen molar-refractivity contribution in [2.24, 2.45) is 0 Å². The highest BCUT2D eigenvalue weighted by Gasteiger charge is 2.17. The third-order valence-corrected chi connectivity index (χ3v) is 3.69. The van der Waals surface area contributed by atoms with Crippen molar-refractivity contribution in [1.29, 1.82) is 0 Å². The molecule has 2 aromatic heterocycles. The Bertz CT molecular complexity index is 552. The van der Waals surface area contributed by atoms with Crippen LogP contribution in [-0.2, 0) is 11.8 Å². The Morgan fingerprint density at radius 3 is 2.50 bits per heavy atom. The molecule has 0 saturated carbocycles. The minimum Gasteiger partial charge on any atom is -0.397 e. The Labute approximate surface area is 112 Å². The number of aromatic nitrogens is 2. The third kappa shape index (κ3) is 2.88. The SMILES string of the molecule is Cc1nc(Cc2nc(C(C)(C)C)cs2)ccc1N. The van der Waals surface area contributed by atoms with Gasteiger partial charge in [0, 0.05) is 22.9 Å². The van der Waals surface area contributed by atoms with E-state index in [4.69, 9.17) is 5.73 Å². The number of thiazole rings is 1. The molecule has 2 N–H and O–H groups in total. The standard InChI is InChI=1S/C14H19N3S/c1-9-11(15)6-5-10(16-9)7-13-17-12(8-18-13)14(2,3)4/h5-6,8H,7,15H2,1-4H3. The van der Waals surface area contributed by atoms with E-state index in [1.54, 1.807) is 11.3 Å². The molecule has 2 rings (SSSR count). The number of nitrogen functional groups attached to an aromatic ring is 1. The lowest BCUT2D eigenvalue weighted by Gasteiger charge is -2.14. The molecule has 18 heavy (non-hydrogen) atoms. The number of aryl methyl sites for hydroxylation is 1. The van der Waals surface area contributed by atoms with Crippen LogP contribution >= 0.6 is 11.3 Å². The van der Waals surface area contributed by atoms with Crippen LogP contribution in [0.25, 0.3) is 0 Å². The molecule has 0 amide bonds. The molecule has 0 spiro atoms. The van der Waals surface area contributed by atoms with Crippen LogP contribution in [-0.4, -0.2) is 9.97 Å². The zero-order chi connectivity index (χ0) is 13.3. The van der Waals surface area contributed by atoms with Crippen molar-refractivity contribution in [2.75, 3.05) is 5.73 Å². The molecule has 0 aliphatic carbocycles. The second-order valence-electron chi connectivity index (χ2n) is 5.53. The van der Waals surface area contributed by atoms with Crippen molar-refractivity contribution in [3.8, 4) is 0 Å². The summed E-state index contributed by atoms with van der Waals surface area (Å²) in [6.45, 7) is 8.47. The van der Waals surface area contributed by atoms with Crippen molar-refractivity contribution in [3.63, 3.8) is 0 Å². The molecule has 0 aromatic carbocycles.